The van der Waals surface area contributed by atoms with Crippen LogP contribution < -0.4 is 11.2 Å². The summed E-state index contributed by atoms with van der Waals surface area (Å²) in [4.78, 5) is 26.9. The number of aliphatic hydroxyl groups is 2. The Morgan fingerprint density at radius 2 is 2.32 bits per heavy atom. The average Bonchev–Trinajstić information content (AvgIpc) is 2.74. The second kappa shape index (κ2) is 5.83. The Morgan fingerprint density at radius 1 is 1.58 bits per heavy atom. The van der Waals surface area contributed by atoms with Gasteiger partial charge in [0.2, 0.25) is 0 Å². The summed E-state index contributed by atoms with van der Waals surface area (Å²) in [7, 11) is 0. The minimum atomic E-state index is -0.844. The Kier molecular flexibility index (Phi) is 4.35. The zero-order chi connectivity index (χ0) is 14.0. The van der Waals surface area contributed by atoms with Gasteiger partial charge in [-0.15, -0.1) is 0 Å². The van der Waals surface area contributed by atoms with Gasteiger partial charge in [0.1, 0.15) is 12.3 Å². The first-order chi connectivity index (χ1) is 9.06. The summed E-state index contributed by atoms with van der Waals surface area (Å²) < 4.78 is 6.56. The number of nitrogens with one attached hydrogen (secondary N) is 1. The lowest BCUT2D eigenvalue weighted by molar-refractivity contribution is -0.0459. The van der Waals surface area contributed by atoms with Gasteiger partial charge in [0.05, 0.1) is 18.3 Å². The number of hydrogen-bond donors (Lipinski definition) is 3. The molecule has 1 aliphatic rings. The van der Waals surface area contributed by atoms with E-state index >= 15 is 0 Å². The third-order valence-corrected chi connectivity index (χ3v) is 3.20. The molecule has 8 heteroatoms. The standard InChI is InChI=1S/C11H13BrN2O5/c12-2-1-6-4-14(11(18)13-10(6)17)9-3-7(16)8(5-15)19-9/h1-2,4,7-9,15-16H,3,5H2,(H,13,17,18)/b2-1+. The van der Waals surface area contributed by atoms with Crippen LogP contribution in [0.4, 0.5) is 0 Å². The molecule has 1 fully saturated rings. The number of ether oxygens (including phenoxy) is 1. The molecule has 19 heavy (non-hydrogen) atoms. The van der Waals surface area contributed by atoms with Gasteiger partial charge in [0.25, 0.3) is 5.56 Å². The number of aromatic amines is 1. The summed E-state index contributed by atoms with van der Waals surface area (Å²) in [5.41, 5.74) is -0.844. The van der Waals surface area contributed by atoms with E-state index in [0.29, 0.717) is 0 Å². The Bertz CT molecular complexity index is 593. The first-order valence-corrected chi connectivity index (χ1v) is 6.55. The first kappa shape index (κ1) is 14.2. The topological polar surface area (TPSA) is 105 Å². The van der Waals surface area contributed by atoms with Crippen molar-refractivity contribution in [2.45, 2.75) is 24.9 Å². The van der Waals surface area contributed by atoms with Crippen molar-refractivity contribution < 1.29 is 14.9 Å². The molecule has 3 N–H and O–H groups in total. The number of aromatic nitrogens is 2. The lowest BCUT2D eigenvalue weighted by atomic mass is 10.2. The van der Waals surface area contributed by atoms with Crippen LogP contribution in [-0.2, 0) is 4.74 Å². The van der Waals surface area contributed by atoms with Crippen molar-refractivity contribution in [3.8, 4) is 0 Å². The van der Waals surface area contributed by atoms with Crippen LogP contribution in [0.5, 0.6) is 0 Å². The van der Waals surface area contributed by atoms with Crippen molar-refractivity contribution in [2.75, 3.05) is 6.61 Å². The van der Waals surface area contributed by atoms with E-state index in [1.165, 1.54) is 21.8 Å². The zero-order valence-corrected chi connectivity index (χ0v) is 11.4. The van der Waals surface area contributed by atoms with Crippen LogP contribution in [0.3, 0.4) is 0 Å². The minimum absolute atomic E-state index is 0.175. The SMILES string of the molecule is O=c1[nH]c(=O)n(C2CC(O)C(CO)O2)cc1/C=C/Br. The Labute approximate surface area is 116 Å². The van der Waals surface area contributed by atoms with Gasteiger partial charge in [-0.25, -0.2) is 4.79 Å². The summed E-state index contributed by atoms with van der Waals surface area (Å²) in [6.07, 6.45) is 0.746. The molecule has 0 spiro atoms. The van der Waals surface area contributed by atoms with Crippen LogP contribution in [0, 0.1) is 0 Å². The fourth-order valence-electron chi connectivity index (χ4n) is 1.95. The van der Waals surface area contributed by atoms with Crippen LogP contribution in [0.2, 0.25) is 0 Å². The molecule has 1 aromatic heterocycles. The van der Waals surface area contributed by atoms with E-state index < -0.39 is 29.7 Å². The molecule has 7 nitrogen and oxygen atoms in total. The van der Waals surface area contributed by atoms with E-state index in [4.69, 9.17) is 9.84 Å². The molecule has 104 valence electrons. The maximum absolute atomic E-state index is 11.7. The smallest absolute Gasteiger partial charge is 0.330 e. The van der Waals surface area contributed by atoms with E-state index in [0.717, 1.165) is 0 Å². The third kappa shape index (κ3) is 2.86. The lowest BCUT2D eigenvalue weighted by Gasteiger charge is -2.14. The van der Waals surface area contributed by atoms with Crippen molar-refractivity contribution >= 4 is 22.0 Å². The van der Waals surface area contributed by atoms with Crippen molar-refractivity contribution in [1.82, 2.24) is 9.55 Å². The second-order valence-electron chi connectivity index (χ2n) is 4.16. The van der Waals surface area contributed by atoms with Gasteiger partial charge in [-0.2, -0.15) is 0 Å². The summed E-state index contributed by atoms with van der Waals surface area (Å²) in [5, 5.41) is 18.7. The van der Waals surface area contributed by atoms with Crippen molar-refractivity contribution in [2.24, 2.45) is 0 Å². The van der Waals surface area contributed by atoms with Crippen LogP contribution in [0.15, 0.2) is 20.8 Å². The van der Waals surface area contributed by atoms with Gasteiger partial charge in [0.15, 0.2) is 0 Å². The summed E-state index contributed by atoms with van der Waals surface area (Å²) >= 11 is 3.05. The normalized spacial score (nSPS) is 27.2. The summed E-state index contributed by atoms with van der Waals surface area (Å²) in [5.74, 6) is 0. The fourth-order valence-corrected chi connectivity index (χ4v) is 2.24. The molecule has 2 rings (SSSR count). The highest BCUT2D eigenvalue weighted by Gasteiger charge is 2.35. The highest BCUT2D eigenvalue weighted by atomic mass is 79.9. The van der Waals surface area contributed by atoms with Gasteiger partial charge < -0.3 is 14.9 Å². The van der Waals surface area contributed by atoms with Gasteiger partial charge in [-0.05, 0) is 11.1 Å². The lowest BCUT2D eigenvalue weighted by Crippen LogP contribution is -2.33. The maximum Gasteiger partial charge on any atom is 0.330 e. The summed E-state index contributed by atoms with van der Waals surface area (Å²) in [6.45, 7) is -0.329. The molecule has 1 aliphatic heterocycles. The average molecular weight is 333 g/mol. The highest BCUT2D eigenvalue weighted by molar-refractivity contribution is 9.11. The number of rotatable bonds is 3. The Hall–Kier alpha value is -1.22. The number of H-pyrrole nitrogens is 1. The molecular weight excluding hydrogens is 320 g/mol. The van der Waals surface area contributed by atoms with E-state index in [1.807, 2.05) is 0 Å². The molecular formula is C11H13BrN2O5. The predicted molar refractivity (Wildman–Crippen MR) is 70.9 cm³/mol. The van der Waals surface area contributed by atoms with Crippen LogP contribution in [-0.4, -0.2) is 38.6 Å². The van der Waals surface area contributed by atoms with Crippen LogP contribution in [0.25, 0.3) is 6.08 Å². The van der Waals surface area contributed by atoms with Crippen molar-refractivity contribution in [1.29, 1.82) is 0 Å². The molecule has 0 radical (unpaired) electrons. The molecule has 3 unspecified atom stereocenters. The number of aliphatic hydroxyl groups excluding tert-OH is 2. The van der Waals surface area contributed by atoms with Gasteiger partial charge in [-0.1, -0.05) is 15.9 Å². The fraction of sp³-hybridized carbons (Fsp3) is 0.455. The minimum Gasteiger partial charge on any atom is -0.394 e. The Balaban J connectivity index is 2.38. The van der Waals surface area contributed by atoms with E-state index in [1.54, 1.807) is 0 Å². The second-order valence-corrected chi connectivity index (χ2v) is 4.69. The highest BCUT2D eigenvalue weighted by Crippen LogP contribution is 2.27. The molecule has 3 atom stereocenters. The molecule has 0 saturated carbocycles. The van der Waals surface area contributed by atoms with Crippen LogP contribution in [0.1, 0.15) is 18.2 Å². The van der Waals surface area contributed by atoms with Gasteiger partial charge in [0, 0.05) is 12.6 Å². The molecule has 1 aromatic rings. The first-order valence-electron chi connectivity index (χ1n) is 5.63. The van der Waals surface area contributed by atoms with E-state index in [2.05, 4.69) is 20.9 Å². The molecule has 0 aliphatic carbocycles. The molecule has 0 bridgehead atoms. The molecule has 0 aromatic carbocycles. The van der Waals surface area contributed by atoms with Crippen molar-refractivity contribution in [3.63, 3.8) is 0 Å². The number of hydrogen-bond acceptors (Lipinski definition) is 5. The third-order valence-electron chi connectivity index (χ3n) is 2.93. The predicted octanol–water partition coefficient (Wildman–Crippen LogP) is -0.457. The van der Waals surface area contributed by atoms with Gasteiger partial charge in [-0.3, -0.25) is 14.3 Å². The quantitative estimate of drug-likeness (QED) is 0.695. The monoisotopic (exact) mass is 332 g/mol. The molecule has 2 heterocycles. The summed E-state index contributed by atoms with van der Waals surface area (Å²) in [6, 6.07) is 0. The van der Waals surface area contributed by atoms with Gasteiger partial charge >= 0.3 is 5.69 Å². The zero-order valence-electron chi connectivity index (χ0n) is 9.82. The van der Waals surface area contributed by atoms with E-state index in [-0.39, 0.29) is 18.6 Å². The largest absolute Gasteiger partial charge is 0.394 e. The molecule has 1 saturated heterocycles. The van der Waals surface area contributed by atoms with Crippen LogP contribution >= 0.6 is 15.9 Å². The van der Waals surface area contributed by atoms with Crippen molar-refractivity contribution in [3.05, 3.63) is 37.6 Å². The maximum atomic E-state index is 11.7. The number of halogens is 1. The molecule has 0 amide bonds. The van der Waals surface area contributed by atoms with E-state index in [9.17, 15) is 14.7 Å². The number of nitrogens with zero attached hydrogens (tertiary/aromatic N) is 1. The Morgan fingerprint density at radius 3 is 2.89 bits per heavy atom.